The Labute approximate surface area is 103 Å². The molecule has 0 saturated heterocycles. The minimum Gasteiger partial charge on any atom is -0.326 e. The summed E-state index contributed by atoms with van der Waals surface area (Å²) in [6.45, 7) is 0.176. The van der Waals surface area contributed by atoms with E-state index in [-0.39, 0.29) is 18.0 Å². The number of nitrogens with zero attached hydrogens (tertiary/aromatic N) is 1. The molecule has 0 saturated carbocycles. The van der Waals surface area contributed by atoms with Crippen LogP contribution in [0, 0.1) is 15.9 Å². The van der Waals surface area contributed by atoms with Crippen LogP contribution in [0.4, 0.5) is 10.1 Å². The van der Waals surface area contributed by atoms with Gasteiger partial charge in [0, 0.05) is 18.7 Å². The Balaban J connectivity index is 2.54. The first-order valence-corrected chi connectivity index (χ1v) is 5.35. The summed E-state index contributed by atoms with van der Waals surface area (Å²) in [6.07, 6.45) is 0. The number of hydrogen-bond acceptors (Lipinski definition) is 3. The molecule has 0 atom stereocenters. The van der Waals surface area contributed by atoms with Gasteiger partial charge in [-0.2, -0.15) is 0 Å². The summed E-state index contributed by atoms with van der Waals surface area (Å²) in [5.41, 5.74) is 7.54. The van der Waals surface area contributed by atoms with Crippen LogP contribution in [-0.4, -0.2) is 4.92 Å². The van der Waals surface area contributed by atoms with E-state index in [1.54, 1.807) is 18.2 Å². The summed E-state index contributed by atoms with van der Waals surface area (Å²) in [5, 5.41) is 10.7. The van der Waals surface area contributed by atoms with E-state index >= 15 is 0 Å². The number of nitro benzene ring substituents is 1. The Kier molecular flexibility index (Phi) is 3.34. The number of non-ortho nitro benzene ring substituents is 1. The summed E-state index contributed by atoms with van der Waals surface area (Å²) in [5.74, 6) is -0.371. The molecule has 0 aliphatic carbocycles. The molecule has 2 aromatic rings. The van der Waals surface area contributed by atoms with Gasteiger partial charge in [0.15, 0.2) is 0 Å². The molecule has 0 fully saturated rings. The molecule has 2 rings (SSSR count). The molecule has 4 nitrogen and oxygen atoms in total. The quantitative estimate of drug-likeness (QED) is 0.668. The summed E-state index contributed by atoms with van der Waals surface area (Å²) in [4.78, 5) is 10.3. The predicted molar refractivity (Wildman–Crippen MR) is 66.4 cm³/mol. The van der Waals surface area contributed by atoms with Crippen LogP contribution in [-0.2, 0) is 6.54 Å². The molecule has 0 spiro atoms. The van der Waals surface area contributed by atoms with Crippen molar-refractivity contribution in [3.63, 3.8) is 0 Å². The Bertz CT molecular complexity index is 599. The fourth-order valence-electron chi connectivity index (χ4n) is 1.80. The fraction of sp³-hybridized carbons (Fsp3) is 0.0769. The van der Waals surface area contributed by atoms with E-state index in [1.807, 2.05) is 0 Å². The highest BCUT2D eigenvalue weighted by Crippen LogP contribution is 2.27. The van der Waals surface area contributed by atoms with Gasteiger partial charge in [-0.25, -0.2) is 4.39 Å². The summed E-state index contributed by atoms with van der Waals surface area (Å²) < 4.78 is 13.1. The Morgan fingerprint density at radius 3 is 2.67 bits per heavy atom. The zero-order chi connectivity index (χ0) is 13.1. The summed E-state index contributed by atoms with van der Waals surface area (Å²) in [6, 6.07) is 10.4. The molecule has 18 heavy (non-hydrogen) atoms. The number of halogens is 1. The van der Waals surface area contributed by atoms with Gasteiger partial charge < -0.3 is 5.73 Å². The molecule has 0 heterocycles. The smallest absolute Gasteiger partial charge is 0.270 e. The van der Waals surface area contributed by atoms with Gasteiger partial charge in [0.05, 0.1) is 4.92 Å². The van der Waals surface area contributed by atoms with E-state index in [9.17, 15) is 14.5 Å². The van der Waals surface area contributed by atoms with E-state index in [2.05, 4.69) is 0 Å². The van der Waals surface area contributed by atoms with Crippen molar-refractivity contribution in [2.45, 2.75) is 6.54 Å². The largest absolute Gasteiger partial charge is 0.326 e. The van der Waals surface area contributed by atoms with E-state index in [1.165, 1.54) is 24.3 Å². The first kappa shape index (κ1) is 12.2. The zero-order valence-electron chi connectivity index (χ0n) is 9.47. The molecular weight excluding hydrogens is 235 g/mol. The van der Waals surface area contributed by atoms with E-state index in [4.69, 9.17) is 5.73 Å². The third-order valence-electron chi connectivity index (χ3n) is 2.66. The standard InChI is InChI=1S/C13H11FN2O2/c14-11-4-5-13(10(6-11)8-15)9-2-1-3-12(7-9)16(17)18/h1-7H,8,15H2. The van der Waals surface area contributed by atoms with E-state index < -0.39 is 4.92 Å². The van der Waals surface area contributed by atoms with Gasteiger partial charge in [0.1, 0.15) is 5.82 Å². The molecule has 92 valence electrons. The van der Waals surface area contributed by atoms with Crippen molar-refractivity contribution in [2.75, 3.05) is 0 Å². The lowest BCUT2D eigenvalue weighted by Crippen LogP contribution is -2.00. The number of hydrogen-bond donors (Lipinski definition) is 1. The summed E-state index contributed by atoms with van der Waals surface area (Å²) in [7, 11) is 0. The second-order valence-corrected chi connectivity index (χ2v) is 3.81. The molecule has 0 unspecified atom stereocenters. The average molecular weight is 246 g/mol. The Morgan fingerprint density at radius 1 is 1.22 bits per heavy atom. The lowest BCUT2D eigenvalue weighted by molar-refractivity contribution is -0.384. The molecule has 5 heteroatoms. The predicted octanol–water partition coefficient (Wildman–Crippen LogP) is 2.86. The molecule has 0 aliphatic heterocycles. The van der Waals surface area contributed by atoms with Crippen molar-refractivity contribution < 1.29 is 9.31 Å². The van der Waals surface area contributed by atoms with Gasteiger partial charge >= 0.3 is 0 Å². The first-order valence-electron chi connectivity index (χ1n) is 5.35. The minimum absolute atomic E-state index is 0.000188. The van der Waals surface area contributed by atoms with Gasteiger partial charge in [0.2, 0.25) is 0 Å². The maximum absolute atomic E-state index is 13.1. The monoisotopic (exact) mass is 246 g/mol. The van der Waals surface area contributed by atoms with Crippen LogP contribution >= 0.6 is 0 Å². The first-order chi connectivity index (χ1) is 8.61. The number of rotatable bonds is 3. The number of benzene rings is 2. The van der Waals surface area contributed by atoms with Gasteiger partial charge in [-0.05, 0) is 28.8 Å². The maximum Gasteiger partial charge on any atom is 0.270 e. The van der Waals surface area contributed by atoms with Gasteiger partial charge in [0.25, 0.3) is 5.69 Å². The van der Waals surface area contributed by atoms with Crippen LogP contribution in [0.3, 0.4) is 0 Å². The van der Waals surface area contributed by atoms with Crippen molar-refractivity contribution in [3.8, 4) is 11.1 Å². The van der Waals surface area contributed by atoms with Crippen molar-refractivity contribution in [3.05, 3.63) is 64.0 Å². The normalized spacial score (nSPS) is 10.3. The van der Waals surface area contributed by atoms with Gasteiger partial charge in [-0.3, -0.25) is 10.1 Å². The van der Waals surface area contributed by atoms with Crippen LogP contribution < -0.4 is 5.73 Å². The maximum atomic E-state index is 13.1. The minimum atomic E-state index is -0.463. The highest BCUT2D eigenvalue weighted by molar-refractivity contribution is 5.69. The SMILES string of the molecule is NCc1cc(F)ccc1-c1cccc([N+](=O)[O-])c1. The fourth-order valence-corrected chi connectivity index (χ4v) is 1.80. The van der Waals surface area contributed by atoms with Crippen LogP contribution in [0.2, 0.25) is 0 Å². The number of nitro groups is 1. The molecule has 0 amide bonds. The second kappa shape index (κ2) is 4.93. The van der Waals surface area contributed by atoms with Gasteiger partial charge in [-0.1, -0.05) is 18.2 Å². The van der Waals surface area contributed by atoms with Crippen LogP contribution in [0.25, 0.3) is 11.1 Å². The lowest BCUT2D eigenvalue weighted by Gasteiger charge is -2.08. The van der Waals surface area contributed by atoms with Crippen LogP contribution in [0.5, 0.6) is 0 Å². The van der Waals surface area contributed by atoms with Crippen molar-refractivity contribution in [1.29, 1.82) is 0 Å². The average Bonchev–Trinajstić information content (AvgIpc) is 2.38. The Morgan fingerprint density at radius 2 is 2.00 bits per heavy atom. The zero-order valence-corrected chi connectivity index (χ0v) is 9.47. The third kappa shape index (κ3) is 2.36. The molecule has 2 aromatic carbocycles. The van der Waals surface area contributed by atoms with Crippen LogP contribution in [0.15, 0.2) is 42.5 Å². The van der Waals surface area contributed by atoms with Crippen molar-refractivity contribution >= 4 is 5.69 Å². The topological polar surface area (TPSA) is 69.2 Å². The molecule has 2 N–H and O–H groups in total. The molecule has 0 bridgehead atoms. The van der Waals surface area contributed by atoms with Crippen molar-refractivity contribution in [1.82, 2.24) is 0 Å². The Hall–Kier alpha value is -2.27. The molecular formula is C13H11FN2O2. The molecule has 0 radical (unpaired) electrons. The van der Waals surface area contributed by atoms with E-state index in [0.717, 1.165) is 0 Å². The van der Waals surface area contributed by atoms with Gasteiger partial charge in [-0.15, -0.1) is 0 Å². The lowest BCUT2D eigenvalue weighted by atomic mass is 9.99. The third-order valence-corrected chi connectivity index (χ3v) is 2.66. The van der Waals surface area contributed by atoms with Crippen molar-refractivity contribution in [2.24, 2.45) is 5.73 Å². The highest BCUT2D eigenvalue weighted by Gasteiger charge is 2.10. The molecule has 0 aromatic heterocycles. The summed E-state index contributed by atoms with van der Waals surface area (Å²) >= 11 is 0. The number of nitrogens with two attached hydrogens (primary N) is 1. The highest BCUT2D eigenvalue weighted by atomic mass is 19.1. The van der Waals surface area contributed by atoms with Crippen LogP contribution in [0.1, 0.15) is 5.56 Å². The molecule has 0 aliphatic rings. The second-order valence-electron chi connectivity index (χ2n) is 3.81. The van der Waals surface area contributed by atoms with E-state index in [0.29, 0.717) is 16.7 Å².